The third-order valence-electron chi connectivity index (χ3n) is 5.14. The summed E-state index contributed by atoms with van der Waals surface area (Å²) in [6.45, 7) is 0.260. The molecule has 32 heavy (non-hydrogen) atoms. The number of carbonyl (C=O) groups excluding carboxylic acids is 1. The predicted molar refractivity (Wildman–Crippen MR) is 117 cm³/mol. The van der Waals surface area contributed by atoms with Gasteiger partial charge in [-0.1, -0.05) is 36.4 Å². The molecule has 4 rings (SSSR count). The van der Waals surface area contributed by atoms with E-state index in [2.05, 4.69) is 10.3 Å². The number of rotatable bonds is 7. The molecule has 0 saturated carbocycles. The lowest BCUT2D eigenvalue weighted by Gasteiger charge is -2.29. The molecule has 3 aromatic rings. The van der Waals surface area contributed by atoms with Crippen molar-refractivity contribution in [2.75, 3.05) is 5.32 Å². The first-order valence-electron chi connectivity index (χ1n) is 10.3. The molecule has 0 unspecified atom stereocenters. The minimum atomic E-state index is -0.665. The summed E-state index contributed by atoms with van der Waals surface area (Å²) in [7, 11) is 0. The van der Waals surface area contributed by atoms with E-state index in [1.54, 1.807) is 42.7 Å². The maximum Gasteiger partial charge on any atom is 0.290 e. The average Bonchev–Trinajstić information content (AvgIpc) is 2.84. The van der Waals surface area contributed by atoms with Crippen molar-refractivity contribution >= 4 is 11.6 Å². The number of anilines is 1. The van der Waals surface area contributed by atoms with Crippen molar-refractivity contribution in [2.45, 2.75) is 31.8 Å². The van der Waals surface area contributed by atoms with Gasteiger partial charge in [0.25, 0.3) is 5.91 Å². The molecule has 0 spiro atoms. The molecule has 0 saturated heterocycles. The van der Waals surface area contributed by atoms with E-state index in [-0.39, 0.29) is 30.7 Å². The van der Waals surface area contributed by atoms with Crippen molar-refractivity contribution < 1.29 is 23.8 Å². The number of amides is 1. The van der Waals surface area contributed by atoms with Crippen LogP contribution in [-0.4, -0.2) is 22.3 Å². The van der Waals surface area contributed by atoms with Gasteiger partial charge in [0, 0.05) is 18.5 Å². The molecule has 1 aliphatic rings. The Balaban J connectivity index is 1.50. The Morgan fingerprint density at radius 1 is 1.12 bits per heavy atom. The molecule has 0 bridgehead atoms. The Morgan fingerprint density at radius 2 is 1.88 bits per heavy atom. The van der Waals surface area contributed by atoms with E-state index in [9.17, 15) is 14.3 Å². The quantitative estimate of drug-likeness (QED) is 0.580. The number of ether oxygens (including phenoxy) is 2. The van der Waals surface area contributed by atoms with Gasteiger partial charge >= 0.3 is 0 Å². The number of benzene rings is 2. The van der Waals surface area contributed by atoms with Crippen LogP contribution >= 0.6 is 0 Å². The minimum Gasteiger partial charge on any atom is -0.459 e. The molecule has 2 aromatic carbocycles. The van der Waals surface area contributed by atoms with Crippen LogP contribution in [0.25, 0.3) is 0 Å². The van der Waals surface area contributed by atoms with E-state index < -0.39 is 12.2 Å². The van der Waals surface area contributed by atoms with Crippen LogP contribution in [0.4, 0.5) is 10.1 Å². The summed E-state index contributed by atoms with van der Waals surface area (Å²) in [5.74, 6) is -0.778. The summed E-state index contributed by atoms with van der Waals surface area (Å²) in [6, 6.07) is 17.0. The third-order valence-corrected chi connectivity index (χ3v) is 5.14. The van der Waals surface area contributed by atoms with Gasteiger partial charge in [-0.05, 0) is 47.0 Å². The molecule has 1 aromatic heterocycles. The molecule has 7 heteroatoms. The van der Waals surface area contributed by atoms with Gasteiger partial charge in [-0.3, -0.25) is 9.78 Å². The fourth-order valence-electron chi connectivity index (χ4n) is 3.42. The molecule has 2 N–H and O–H groups in total. The molecule has 1 amide bonds. The largest absolute Gasteiger partial charge is 0.459 e. The second kappa shape index (κ2) is 10.2. The minimum absolute atomic E-state index is 0.0214. The molecule has 6 nitrogen and oxygen atoms in total. The highest BCUT2D eigenvalue weighted by atomic mass is 19.1. The number of aliphatic hydroxyl groups excluding tert-OH is 1. The number of nitrogens with zero attached hydrogens (tertiary/aromatic N) is 1. The van der Waals surface area contributed by atoms with E-state index in [0.717, 1.165) is 16.7 Å². The topological polar surface area (TPSA) is 80.7 Å². The van der Waals surface area contributed by atoms with Crippen LogP contribution in [-0.2, 0) is 27.5 Å². The van der Waals surface area contributed by atoms with Crippen LogP contribution in [0.15, 0.2) is 84.9 Å². The summed E-state index contributed by atoms with van der Waals surface area (Å²) in [5, 5.41) is 11.9. The van der Waals surface area contributed by atoms with E-state index in [0.29, 0.717) is 12.1 Å². The number of halogens is 1. The zero-order chi connectivity index (χ0) is 22.3. The van der Waals surface area contributed by atoms with Crippen LogP contribution < -0.4 is 5.32 Å². The van der Waals surface area contributed by atoms with Gasteiger partial charge in [-0.15, -0.1) is 0 Å². The Morgan fingerprint density at radius 3 is 2.56 bits per heavy atom. The molecule has 0 fully saturated rings. The SMILES string of the molecule is O=C(Nc1cccnc1)C1=C[C@H](c2ccc(F)cc2)C[C@H](OCc2ccc(CO)cc2)O1. The maximum absolute atomic E-state index is 13.4. The summed E-state index contributed by atoms with van der Waals surface area (Å²) in [6.07, 6.45) is 4.71. The van der Waals surface area contributed by atoms with Gasteiger partial charge in [0.1, 0.15) is 5.82 Å². The van der Waals surface area contributed by atoms with Gasteiger partial charge in [0.15, 0.2) is 5.76 Å². The molecule has 1 aliphatic heterocycles. The Kier molecular flexibility index (Phi) is 6.89. The first-order valence-corrected chi connectivity index (χ1v) is 10.3. The third kappa shape index (κ3) is 5.57. The van der Waals surface area contributed by atoms with Crippen LogP contribution in [0.2, 0.25) is 0 Å². The lowest BCUT2D eigenvalue weighted by atomic mass is 9.93. The zero-order valence-electron chi connectivity index (χ0n) is 17.3. The lowest BCUT2D eigenvalue weighted by molar-refractivity contribution is -0.147. The van der Waals surface area contributed by atoms with Crippen molar-refractivity contribution in [3.05, 3.63) is 107 Å². The number of pyridine rings is 1. The molecular formula is C25H23FN2O4. The van der Waals surface area contributed by atoms with Crippen LogP contribution in [0.3, 0.4) is 0 Å². The van der Waals surface area contributed by atoms with Gasteiger partial charge < -0.3 is 19.9 Å². The smallest absolute Gasteiger partial charge is 0.290 e. The van der Waals surface area contributed by atoms with Crippen molar-refractivity contribution in [3.8, 4) is 0 Å². The van der Waals surface area contributed by atoms with Gasteiger partial charge in [-0.25, -0.2) is 4.39 Å². The van der Waals surface area contributed by atoms with Gasteiger partial charge in [0.2, 0.25) is 6.29 Å². The highest BCUT2D eigenvalue weighted by molar-refractivity contribution is 6.02. The molecular weight excluding hydrogens is 411 g/mol. The second-order valence-electron chi connectivity index (χ2n) is 7.45. The van der Waals surface area contributed by atoms with Gasteiger partial charge in [0.05, 0.1) is 25.1 Å². The highest BCUT2D eigenvalue weighted by Crippen LogP contribution is 2.32. The molecule has 164 valence electrons. The lowest BCUT2D eigenvalue weighted by Crippen LogP contribution is -2.29. The number of hydrogen-bond donors (Lipinski definition) is 2. The number of aliphatic hydroxyl groups is 1. The summed E-state index contributed by atoms with van der Waals surface area (Å²) >= 11 is 0. The van der Waals surface area contributed by atoms with Crippen LogP contribution in [0.1, 0.15) is 29.0 Å². The average molecular weight is 434 g/mol. The predicted octanol–water partition coefficient (Wildman–Crippen LogP) is 4.28. The summed E-state index contributed by atoms with van der Waals surface area (Å²) < 4.78 is 25.2. The number of hydrogen-bond acceptors (Lipinski definition) is 5. The van der Waals surface area contributed by atoms with Crippen molar-refractivity contribution in [3.63, 3.8) is 0 Å². The van der Waals surface area contributed by atoms with Crippen LogP contribution in [0, 0.1) is 5.82 Å². The van der Waals surface area contributed by atoms with Crippen LogP contribution in [0.5, 0.6) is 0 Å². The fourth-order valence-corrected chi connectivity index (χ4v) is 3.42. The standard InChI is InChI=1S/C25H23FN2O4/c26-21-9-7-19(8-10-21)20-12-23(25(30)28-22-2-1-11-27-14-22)32-24(13-20)31-16-18-5-3-17(15-29)4-6-18/h1-12,14,20,24,29H,13,15-16H2,(H,28,30)/t20-,24+/m0/s1. The van der Waals surface area contributed by atoms with Crippen molar-refractivity contribution in [1.82, 2.24) is 4.98 Å². The number of nitrogens with one attached hydrogen (secondary N) is 1. The molecule has 2 heterocycles. The summed E-state index contributed by atoms with van der Waals surface area (Å²) in [4.78, 5) is 16.8. The van der Waals surface area contributed by atoms with E-state index >= 15 is 0 Å². The molecule has 0 radical (unpaired) electrons. The van der Waals surface area contributed by atoms with Gasteiger partial charge in [-0.2, -0.15) is 0 Å². The first kappa shape index (κ1) is 21.7. The zero-order valence-corrected chi connectivity index (χ0v) is 17.3. The van der Waals surface area contributed by atoms with E-state index in [1.165, 1.54) is 12.1 Å². The Labute approximate surface area is 185 Å². The first-order chi connectivity index (χ1) is 15.6. The highest BCUT2D eigenvalue weighted by Gasteiger charge is 2.29. The Hall–Kier alpha value is -3.55. The maximum atomic E-state index is 13.4. The number of aromatic nitrogens is 1. The molecule has 2 atom stereocenters. The number of allylic oxidation sites excluding steroid dienone is 1. The summed E-state index contributed by atoms with van der Waals surface area (Å²) in [5.41, 5.74) is 3.14. The molecule has 0 aliphatic carbocycles. The Bertz CT molecular complexity index is 1070. The number of carbonyl (C=O) groups is 1. The normalized spacial score (nSPS) is 17.9. The monoisotopic (exact) mass is 434 g/mol. The van der Waals surface area contributed by atoms with Crippen molar-refractivity contribution in [2.24, 2.45) is 0 Å². The van der Waals surface area contributed by atoms with E-state index in [1.807, 2.05) is 24.3 Å². The van der Waals surface area contributed by atoms with Crippen molar-refractivity contribution in [1.29, 1.82) is 0 Å². The second-order valence-corrected chi connectivity index (χ2v) is 7.45. The van der Waals surface area contributed by atoms with E-state index in [4.69, 9.17) is 9.47 Å². The fraction of sp³-hybridized carbons (Fsp3) is 0.200.